The zero-order valence-electron chi connectivity index (χ0n) is 12.8. The van der Waals surface area contributed by atoms with Crippen LogP contribution in [-0.2, 0) is 10.0 Å². The molecule has 4 nitrogen and oxygen atoms in total. The molecule has 1 aromatic carbocycles. The SMILES string of the molecule is CCCN(CC(Br)CC)S(=O)(=O)c1ccc(OC(F)(F)F)cc1. The molecule has 1 unspecified atom stereocenters. The second kappa shape index (κ2) is 8.34. The first-order valence-electron chi connectivity index (χ1n) is 7.10. The van der Waals surface area contributed by atoms with Gasteiger partial charge in [0.15, 0.2) is 0 Å². The predicted molar refractivity (Wildman–Crippen MR) is 85.2 cm³/mol. The number of sulfonamides is 1. The Kier molecular flexibility index (Phi) is 7.34. The molecule has 0 aliphatic carbocycles. The van der Waals surface area contributed by atoms with Crippen molar-refractivity contribution in [2.75, 3.05) is 13.1 Å². The van der Waals surface area contributed by atoms with Gasteiger partial charge in [-0.2, -0.15) is 4.31 Å². The van der Waals surface area contributed by atoms with Crippen molar-refractivity contribution >= 4 is 26.0 Å². The highest BCUT2D eigenvalue weighted by atomic mass is 79.9. The molecule has 0 N–H and O–H groups in total. The maximum Gasteiger partial charge on any atom is 0.573 e. The highest BCUT2D eigenvalue weighted by Crippen LogP contribution is 2.25. The second-order valence-electron chi connectivity index (χ2n) is 4.89. The summed E-state index contributed by atoms with van der Waals surface area (Å²) < 4.78 is 66.7. The van der Waals surface area contributed by atoms with E-state index in [9.17, 15) is 21.6 Å². The van der Waals surface area contributed by atoms with E-state index < -0.39 is 22.1 Å². The van der Waals surface area contributed by atoms with E-state index in [4.69, 9.17) is 0 Å². The first-order chi connectivity index (χ1) is 10.6. The summed E-state index contributed by atoms with van der Waals surface area (Å²) in [4.78, 5) is -0.0482. The van der Waals surface area contributed by atoms with Gasteiger partial charge in [0, 0.05) is 17.9 Å². The number of benzene rings is 1. The van der Waals surface area contributed by atoms with Crippen LogP contribution in [0.5, 0.6) is 5.75 Å². The van der Waals surface area contributed by atoms with E-state index in [0.717, 1.165) is 30.7 Å². The van der Waals surface area contributed by atoms with Crippen molar-refractivity contribution in [3.05, 3.63) is 24.3 Å². The summed E-state index contributed by atoms with van der Waals surface area (Å²) in [5, 5.41) is 0. The highest BCUT2D eigenvalue weighted by Gasteiger charge is 2.31. The lowest BCUT2D eigenvalue weighted by molar-refractivity contribution is -0.274. The Morgan fingerprint density at radius 2 is 1.78 bits per heavy atom. The molecule has 1 atom stereocenters. The number of alkyl halides is 4. The number of rotatable bonds is 8. The van der Waals surface area contributed by atoms with Gasteiger partial charge in [-0.3, -0.25) is 0 Å². The number of ether oxygens (including phenoxy) is 1. The van der Waals surface area contributed by atoms with E-state index in [1.807, 2.05) is 13.8 Å². The quantitative estimate of drug-likeness (QED) is 0.596. The van der Waals surface area contributed by atoms with Crippen molar-refractivity contribution in [2.45, 2.75) is 42.8 Å². The number of hydrogen-bond acceptors (Lipinski definition) is 3. The van der Waals surface area contributed by atoms with Gasteiger partial charge in [0.05, 0.1) is 4.90 Å². The molecule has 1 aromatic rings. The molecule has 0 bridgehead atoms. The molecule has 132 valence electrons. The van der Waals surface area contributed by atoms with Gasteiger partial charge < -0.3 is 4.74 Å². The van der Waals surface area contributed by atoms with Gasteiger partial charge in [-0.15, -0.1) is 13.2 Å². The summed E-state index contributed by atoms with van der Waals surface area (Å²) in [6, 6.07) is 4.23. The zero-order chi connectivity index (χ0) is 17.7. The zero-order valence-corrected chi connectivity index (χ0v) is 15.2. The number of nitrogens with zero attached hydrogens (tertiary/aromatic N) is 1. The average Bonchev–Trinajstić information content (AvgIpc) is 2.45. The molecule has 0 fully saturated rings. The molecule has 0 aromatic heterocycles. The Bertz CT molecular complexity index is 590. The smallest absolute Gasteiger partial charge is 0.406 e. The van der Waals surface area contributed by atoms with E-state index in [1.165, 1.54) is 4.31 Å². The summed E-state index contributed by atoms with van der Waals surface area (Å²) >= 11 is 3.41. The van der Waals surface area contributed by atoms with E-state index >= 15 is 0 Å². The number of halogens is 4. The second-order valence-corrected chi connectivity index (χ2v) is 8.12. The average molecular weight is 418 g/mol. The molecule has 0 saturated carbocycles. The fourth-order valence-electron chi connectivity index (χ4n) is 1.87. The van der Waals surface area contributed by atoms with Gasteiger partial charge in [0.1, 0.15) is 5.75 Å². The molecule has 0 saturated heterocycles. The maximum atomic E-state index is 12.6. The summed E-state index contributed by atoms with van der Waals surface area (Å²) in [5.41, 5.74) is 0. The molecular formula is C14H19BrF3NO3S. The van der Waals surface area contributed by atoms with E-state index in [2.05, 4.69) is 20.7 Å². The fraction of sp³-hybridized carbons (Fsp3) is 0.571. The third kappa shape index (κ3) is 6.31. The standard InChI is InChI=1S/C14H19BrF3NO3S/c1-3-9-19(10-11(15)4-2)23(20,21)13-7-5-12(6-8-13)22-14(16,17)18/h5-8,11H,3-4,9-10H2,1-2H3. The Morgan fingerprint density at radius 1 is 1.22 bits per heavy atom. The van der Waals surface area contributed by atoms with Crippen LogP contribution >= 0.6 is 15.9 Å². The van der Waals surface area contributed by atoms with Crippen molar-refractivity contribution in [1.29, 1.82) is 0 Å². The topological polar surface area (TPSA) is 46.6 Å². The molecular weight excluding hydrogens is 399 g/mol. The molecule has 9 heteroatoms. The lowest BCUT2D eigenvalue weighted by atomic mass is 10.3. The van der Waals surface area contributed by atoms with E-state index in [-0.39, 0.29) is 9.72 Å². The molecule has 0 amide bonds. The minimum Gasteiger partial charge on any atom is -0.406 e. The lowest BCUT2D eigenvalue weighted by Crippen LogP contribution is -2.36. The van der Waals surface area contributed by atoms with Crippen molar-refractivity contribution in [3.8, 4) is 5.75 Å². The Hall–Kier alpha value is -0.800. The van der Waals surface area contributed by atoms with Crippen LogP contribution in [0.25, 0.3) is 0 Å². The molecule has 0 aliphatic rings. The first-order valence-corrected chi connectivity index (χ1v) is 9.45. The van der Waals surface area contributed by atoms with Crippen LogP contribution in [0, 0.1) is 0 Å². The third-order valence-electron chi connectivity index (χ3n) is 3.01. The van der Waals surface area contributed by atoms with Gasteiger partial charge in [-0.25, -0.2) is 8.42 Å². The summed E-state index contributed by atoms with van der Waals surface area (Å²) in [6.45, 7) is 4.43. The van der Waals surface area contributed by atoms with Crippen LogP contribution in [-0.4, -0.2) is 37.0 Å². The van der Waals surface area contributed by atoms with Gasteiger partial charge in [-0.05, 0) is 37.1 Å². The normalized spacial score (nSPS) is 14.0. The van der Waals surface area contributed by atoms with Crippen molar-refractivity contribution in [2.24, 2.45) is 0 Å². The molecule has 23 heavy (non-hydrogen) atoms. The largest absolute Gasteiger partial charge is 0.573 e. The van der Waals surface area contributed by atoms with Gasteiger partial charge >= 0.3 is 6.36 Å². The van der Waals surface area contributed by atoms with Gasteiger partial charge in [0.25, 0.3) is 0 Å². The van der Waals surface area contributed by atoms with Crippen molar-refractivity contribution in [3.63, 3.8) is 0 Å². The predicted octanol–water partition coefficient (Wildman–Crippen LogP) is 4.16. The van der Waals surface area contributed by atoms with Gasteiger partial charge in [-0.1, -0.05) is 29.8 Å². The van der Waals surface area contributed by atoms with Crippen LogP contribution in [0.2, 0.25) is 0 Å². The third-order valence-corrected chi connectivity index (χ3v) is 5.83. The highest BCUT2D eigenvalue weighted by molar-refractivity contribution is 9.09. The Labute approximate surface area is 142 Å². The van der Waals surface area contributed by atoms with Crippen molar-refractivity contribution in [1.82, 2.24) is 4.31 Å². The van der Waals surface area contributed by atoms with Crippen molar-refractivity contribution < 1.29 is 26.3 Å². The first kappa shape index (κ1) is 20.2. The Balaban J connectivity index is 3.00. The van der Waals surface area contributed by atoms with Crippen LogP contribution in [0.3, 0.4) is 0 Å². The van der Waals surface area contributed by atoms with Crippen LogP contribution < -0.4 is 4.74 Å². The monoisotopic (exact) mass is 417 g/mol. The summed E-state index contributed by atoms with van der Waals surface area (Å²) in [7, 11) is -3.76. The molecule has 0 spiro atoms. The van der Waals surface area contributed by atoms with Crippen LogP contribution in [0.15, 0.2) is 29.2 Å². The molecule has 1 rings (SSSR count). The van der Waals surface area contributed by atoms with E-state index in [1.54, 1.807) is 0 Å². The number of hydrogen-bond donors (Lipinski definition) is 0. The molecule has 0 heterocycles. The fourth-order valence-corrected chi connectivity index (χ4v) is 3.99. The molecule has 0 aliphatic heterocycles. The molecule has 0 radical (unpaired) electrons. The van der Waals surface area contributed by atoms with E-state index in [0.29, 0.717) is 19.5 Å². The van der Waals surface area contributed by atoms with Crippen LogP contribution in [0.1, 0.15) is 26.7 Å². The maximum absolute atomic E-state index is 12.6. The minimum atomic E-state index is -4.81. The lowest BCUT2D eigenvalue weighted by Gasteiger charge is -2.24. The minimum absolute atomic E-state index is 0.0108. The van der Waals surface area contributed by atoms with Crippen LogP contribution in [0.4, 0.5) is 13.2 Å². The Morgan fingerprint density at radius 3 is 2.22 bits per heavy atom. The summed E-state index contributed by atoms with van der Waals surface area (Å²) in [6.07, 6.45) is -3.41. The summed E-state index contributed by atoms with van der Waals surface area (Å²) in [5.74, 6) is -0.453. The van der Waals surface area contributed by atoms with Gasteiger partial charge in [0.2, 0.25) is 10.0 Å².